The largest absolute Gasteiger partial charge is 0.457 e. The van der Waals surface area contributed by atoms with Crippen LogP contribution in [0.25, 0.3) is 0 Å². The molecule has 1 atom stereocenters. The maximum Gasteiger partial charge on any atom is 0.255 e. The zero-order valence-corrected chi connectivity index (χ0v) is 14.5. The van der Waals surface area contributed by atoms with Gasteiger partial charge in [-0.05, 0) is 36.4 Å². The van der Waals surface area contributed by atoms with E-state index in [1.54, 1.807) is 19.2 Å². The van der Waals surface area contributed by atoms with Gasteiger partial charge in [0.05, 0.1) is 11.2 Å². The SMILES string of the molecule is COC1(CNC(=O)c2ccccc2Oc2ccccc2)CCSC1. The predicted molar refractivity (Wildman–Crippen MR) is 97.0 cm³/mol. The van der Waals surface area contributed by atoms with Crippen molar-refractivity contribution in [1.29, 1.82) is 0 Å². The molecule has 1 amide bonds. The number of ether oxygens (including phenoxy) is 2. The maximum absolute atomic E-state index is 12.6. The summed E-state index contributed by atoms with van der Waals surface area (Å²) in [6.07, 6.45) is 0.955. The molecule has 24 heavy (non-hydrogen) atoms. The Labute approximate surface area is 146 Å². The third-order valence-electron chi connectivity index (χ3n) is 4.17. The fourth-order valence-electron chi connectivity index (χ4n) is 2.66. The lowest BCUT2D eigenvalue weighted by Gasteiger charge is -2.27. The van der Waals surface area contributed by atoms with E-state index in [1.807, 2.05) is 54.2 Å². The molecule has 0 spiro atoms. The summed E-state index contributed by atoms with van der Waals surface area (Å²) in [6.45, 7) is 0.509. The second-order valence-corrected chi connectivity index (χ2v) is 6.89. The summed E-state index contributed by atoms with van der Waals surface area (Å²) < 4.78 is 11.5. The first-order valence-corrected chi connectivity index (χ1v) is 9.11. The van der Waals surface area contributed by atoms with Gasteiger partial charge in [0, 0.05) is 19.4 Å². The molecule has 0 radical (unpaired) electrons. The molecule has 0 aliphatic carbocycles. The maximum atomic E-state index is 12.6. The van der Waals surface area contributed by atoms with Gasteiger partial charge in [-0.25, -0.2) is 0 Å². The van der Waals surface area contributed by atoms with E-state index in [0.29, 0.717) is 23.6 Å². The average molecular weight is 343 g/mol. The molecule has 4 nitrogen and oxygen atoms in total. The van der Waals surface area contributed by atoms with Gasteiger partial charge < -0.3 is 14.8 Å². The molecule has 0 saturated carbocycles. The second kappa shape index (κ2) is 7.73. The summed E-state index contributed by atoms with van der Waals surface area (Å²) in [7, 11) is 1.71. The van der Waals surface area contributed by atoms with E-state index in [0.717, 1.165) is 17.9 Å². The van der Waals surface area contributed by atoms with Gasteiger partial charge in [0.1, 0.15) is 11.5 Å². The van der Waals surface area contributed by atoms with E-state index in [2.05, 4.69) is 5.32 Å². The lowest BCUT2D eigenvalue weighted by Crippen LogP contribution is -2.44. The number of benzene rings is 2. The zero-order chi connectivity index (χ0) is 16.8. The topological polar surface area (TPSA) is 47.6 Å². The van der Waals surface area contributed by atoms with Gasteiger partial charge in [-0.2, -0.15) is 11.8 Å². The third-order valence-corrected chi connectivity index (χ3v) is 5.40. The van der Waals surface area contributed by atoms with Crippen molar-refractivity contribution < 1.29 is 14.3 Å². The molecule has 1 aliphatic heterocycles. The highest BCUT2D eigenvalue weighted by Crippen LogP contribution is 2.30. The first-order valence-electron chi connectivity index (χ1n) is 7.95. The Morgan fingerprint density at radius 1 is 1.17 bits per heavy atom. The molecule has 2 aromatic rings. The van der Waals surface area contributed by atoms with Crippen LogP contribution in [0.2, 0.25) is 0 Å². The van der Waals surface area contributed by atoms with Crippen molar-refractivity contribution in [3.05, 3.63) is 60.2 Å². The predicted octanol–water partition coefficient (Wildman–Crippen LogP) is 3.73. The molecule has 1 aliphatic rings. The van der Waals surface area contributed by atoms with Crippen LogP contribution < -0.4 is 10.1 Å². The van der Waals surface area contributed by atoms with Gasteiger partial charge in [-0.1, -0.05) is 30.3 Å². The van der Waals surface area contributed by atoms with Crippen molar-refractivity contribution in [2.45, 2.75) is 12.0 Å². The van der Waals surface area contributed by atoms with Gasteiger partial charge in [-0.15, -0.1) is 0 Å². The lowest BCUT2D eigenvalue weighted by molar-refractivity contribution is 0.0137. The van der Waals surface area contributed by atoms with Crippen LogP contribution in [0.3, 0.4) is 0 Å². The van der Waals surface area contributed by atoms with Crippen LogP contribution in [0.15, 0.2) is 54.6 Å². The van der Waals surface area contributed by atoms with Crippen molar-refractivity contribution in [3.8, 4) is 11.5 Å². The van der Waals surface area contributed by atoms with E-state index >= 15 is 0 Å². The fraction of sp³-hybridized carbons (Fsp3) is 0.316. The smallest absolute Gasteiger partial charge is 0.255 e. The highest BCUT2D eigenvalue weighted by molar-refractivity contribution is 7.99. The summed E-state index contributed by atoms with van der Waals surface area (Å²) in [5, 5.41) is 3.00. The molecule has 2 aromatic carbocycles. The van der Waals surface area contributed by atoms with Crippen LogP contribution in [0.1, 0.15) is 16.8 Å². The molecule has 1 unspecified atom stereocenters. The number of nitrogens with one attached hydrogen (secondary N) is 1. The molecule has 0 aromatic heterocycles. The normalized spacial score (nSPS) is 19.9. The Kier molecular flexibility index (Phi) is 5.43. The fourth-order valence-corrected chi connectivity index (χ4v) is 4.05. The lowest BCUT2D eigenvalue weighted by atomic mass is 10.0. The summed E-state index contributed by atoms with van der Waals surface area (Å²) in [5.41, 5.74) is 0.272. The van der Waals surface area contributed by atoms with E-state index in [1.165, 1.54) is 0 Å². The van der Waals surface area contributed by atoms with Crippen LogP contribution in [0.4, 0.5) is 0 Å². The number of hydrogen-bond donors (Lipinski definition) is 1. The molecule has 1 heterocycles. The number of hydrogen-bond acceptors (Lipinski definition) is 4. The minimum atomic E-state index is -0.254. The van der Waals surface area contributed by atoms with Gasteiger partial charge in [-0.3, -0.25) is 4.79 Å². The quantitative estimate of drug-likeness (QED) is 0.868. The molecule has 1 fully saturated rings. The minimum Gasteiger partial charge on any atom is -0.457 e. The molecule has 126 valence electrons. The van der Waals surface area contributed by atoms with E-state index in [-0.39, 0.29) is 11.5 Å². The van der Waals surface area contributed by atoms with Gasteiger partial charge in [0.25, 0.3) is 5.91 Å². The van der Waals surface area contributed by atoms with Gasteiger partial charge >= 0.3 is 0 Å². The van der Waals surface area contributed by atoms with Crippen molar-refractivity contribution in [1.82, 2.24) is 5.32 Å². The first kappa shape index (κ1) is 16.9. The highest BCUT2D eigenvalue weighted by atomic mass is 32.2. The van der Waals surface area contributed by atoms with E-state index in [9.17, 15) is 4.79 Å². The zero-order valence-electron chi connectivity index (χ0n) is 13.7. The molecule has 1 saturated heterocycles. The number of amides is 1. The van der Waals surface area contributed by atoms with Gasteiger partial charge in [0.2, 0.25) is 0 Å². The van der Waals surface area contributed by atoms with Crippen LogP contribution >= 0.6 is 11.8 Å². The number of carbonyl (C=O) groups excluding carboxylic acids is 1. The Balaban J connectivity index is 1.71. The molecule has 1 N–H and O–H groups in total. The summed E-state index contributed by atoms with van der Waals surface area (Å²) >= 11 is 1.86. The summed E-state index contributed by atoms with van der Waals surface area (Å²) in [4.78, 5) is 12.6. The van der Waals surface area contributed by atoms with E-state index < -0.39 is 0 Å². The standard InChI is InChI=1S/C19H21NO3S/c1-22-19(11-12-24-14-19)13-20-18(21)16-9-5-6-10-17(16)23-15-7-3-2-4-8-15/h2-10H,11-14H2,1H3,(H,20,21). The van der Waals surface area contributed by atoms with Crippen molar-refractivity contribution in [3.63, 3.8) is 0 Å². The highest BCUT2D eigenvalue weighted by Gasteiger charge is 2.34. The van der Waals surface area contributed by atoms with Gasteiger partial charge in [0.15, 0.2) is 0 Å². The molecule has 0 bridgehead atoms. The summed E-state index contributed by atoms with van der Waals surface area (Å²) in [6, 6.07) is 16.7. The van der Waals surface area contributed by atoms with Crippen LogP contribution in [0.5, 0.6) is 11.5 Å². The Bertz CT molecular complexity index is 684. The third kappa shape index (κ3) is 3.91. The van der Waals surface area contributed by atoms with Crippen LogP contribution in [0, 0.1) is 0 Å². The number of methoxy groups -OCH3 is 1. The minimum absolute atomic E-state index is 0.144. The van der Waals surface area contributed by atoms with Crippen LogP contribution in [-0.4, -0.2) is 36.7 Å². The monoisotopic (exact) mass is 343 g/mol. The van der Waals surface area contributed by atoms with Crippen molar-refractivity contribution in [2.24, 2.45) is 0 Å². The van der Waals surface area contributed by atoms with Crippen LogP contribution in [-0.2, 0) is 4.74 Å². The Morgan fingerprint density at radius 3 is 2.62 bits per heavy atom. The molecular weight excluding hydrogens is 322 g/mol. The Hall–Kier alpha value is -1.98. The molecular formula is C19H21NO3S. The average Bonchev–Trinajstić information content (AvgIpc) is 3.11. The Morgan fingerprint density at radius 2 is 1.92 bits per heavy atom. The summed E-state index contributed by atoms with van der Waals surface area (Å²) in [5.74, 6) is 3.09. The van der Waals surface area contributed by atoms with Crippen molar-refractivity contribution in [2.75, 3.05) is 25.2 Å². The number of rotatable bonds is 6. The van der Waals surface area contributed by atoms with E-state index in [4.69, 9.17) is 9.47 Å². The van der Waals surface area contributed by atoms with Crippen molar-refractivity contribution >= 4 is 17.7 Å². The number of carbonyl (C=O) groups is 1. The second-order valence-electron chi connectivity index (χ2n) is 5.78. The molecule has 5 heteroatoms. The number of thioether (sulfide) groups is 1. The number of para-hydroxylation sites is 2. The molecule has 3 rings (SSSR count). The first-order chi connectivity index (χ1) is 11.7.